The van der Waals surface area contributed by atoms with Gasteiger partial charge in [0.1, 0.15) is 0 Å². The molecule has 5 nitrogen and oxygen atoms in total. The van der Waals surface area contributed by atoms with Crippen LogP contribution in [0.4, 0.5) is 5.69 Å². The number of carbonyl (C=O) groups excluding carboxylic acids is 3. The summed E-state index contributed by atoms with van der Waals surface area (Å²) in [7, 11) is 0. The van der Waals surface area contributed by atoms with Crippen molar-refractivity contribution in [3.63, 3.8) is 0 Å². The molecule has 2 aromatic carbocycles. The fraction of sp³-hybridized carbons (Fsp3) is 0.318. The van der Waals surface area contributed by atoms with Crippen molar-refractivity contribution < 1.29 is 19.1 Å². The smallest absolute Gasteiger partial charge is 0.306 e. The van der Waals surface area contributed by atoms with E-state index < -0.39 is 11.9 Å². The van der Waals surface area contributed by atoms with E-state index in [-0.39, 0.29) is 25.2 Å². The molecule has 1 N–H and O–H groups in total. The number of hydrogen-bond acceptors (Lipinski definition) is 4. The number of anilines is 1. The topological polar surface area (TPSA) is 72.5 Å². The second kappa shape index (κ2) is 9.67. The molecule has 0 atom stereocenters. The average molecular weight is 367 g/mol. The summed E-state index contributed by atoms with van der Waals surface area (Å²) in [6.07, 6.45) is 0.929. The Balaban J connectivity index is 1.74. The van der Waals surface area contributed by atoms with E-state index >= 15 is 0 Å². The number of Topliss-reactive ketones (excluding diaryl/α,β-unsaturated/α-hetero) is 1. The van der Waals surface area contributed by atoms with Crippen LogP contribution in [0, 0.1) is 13.8 Å². The Morgan fingerprint density at radius 1 is 0.926 bits per heavy atom. The van der Waals surface area contributed by atoms with Gasteiger partial charge in [-0.1, -0.05) is 31.2 Å². The fourth-order valence-electron chi connectivity index (χ4n) is 2.51. The van der Waals surface area contributed by atoms with Crippen LogP contribution in [0.2, 0.25) is 0 Å². The number of amides is 1. The summed E-state index contributed by atoms with van der Waals surface area (Å²) in [5.74, 6) is -1.09. The normalized spacial score (nSPS) is 10.3. The Hall–Kier alpha value is -2.95. The summed E-state index contributed by atoms with van der Waals surface area (Å²) >= 11 is 0. The molecule has 0 saturated heterocycles. The van der Waals surface area contributed by atoms with Crippen molar-refractivity contribution in [2.75, 3.05) is 11.9 Å². The first-order chi connectivity index (χ1) is 12.9. The van der Waals surface area contributed by atoms with E-state index in [0.717, 1.165) is 17.5 Å². The van der Waals surface area contributed by atoms with Crippen molar-refractivity contribution in [1.82, 2.24) is 0 Å². The van der Waals surface area contributed by atoms with Crippen LogP contribution in [0.25, 0.3) is 0 Å². The lowest BCUT2D eigenvalue weighted by atomic mass is 10.0. The van der Waals surface area contributed by atoms with Crippen molar-refractivity contribution in [1.29, 1.82) is 0 Å². The van der Waals surface area contributed by atoms with E-state index in [4.69, 9.17) is 4.74 Å². The van der Waals surface area contributed by atoms with Gasteiger partial charge in [0.2, 0.25) is 0 Å². The predicted octanol–water partition coefficient (Wildman–Crippen LogP) is 4.01. The van der Waals surface area contributed by atoms with Crippen molar-refractivity contribution >= 4 is 23.3 Å². The summed E-state index contributed by atoms with van der Waals surface area (Å²) in [5.41, 5.74) is 4.55. The summed E-state index contributed by atoms with van der Waals surface area (Å²) in [6.45, 7) is 5.60. The molecule has 2 rings (SSSR count). The van der Waals surface area contributed by atoms with Gasteiger partial charge in [-0.05, 0) is 55.2 Å². The largest absolute Gasteiger partial charge is 0.456 e. The number of ether oxygens (including phenoxy) is 1. The molecule has 0 saturated carbocycles. The average Bonchev–Trinajstić information content (AvgIpc) is 2.67. The van der Waals surface area contributed by atoms with E-state index in [0.29, 0.717) is 11.3 Å². The second-order valence-electron chi connectivity index (χ2n) is 6.48. The maximum Gasteiger partial charge on any atom is 0.306 e. The van der Waals surface area contributed by atoms with E-state index in [1.807, 2.05) is 38.1 Å². The molecule has 0 aromatic heterocycles. The lowest BCUT2D eigenvalue weighted by Crippen LogP contribution is -2.21. The molecule has 0 heterocycles. The highest BCUT2D eigenvalue weighted by Crippen LogP contribution is 2.13. The molecule has 0 spiro atoms. The molecule has 142 valence electrons. The summed E-state index contributed by atoms with van der Waals surface area (Å²) in [5, 5.41) is 2.67. The highest BCUT2D eigenvalue weighted by molar-refractivity contribution is 5.98. The molecule has 2 aromatic rings. The zero-order valence-electron chi connectivity index (χ0n) is 16.0. The minimum Gasteiger partial charge on any atom is -0.456 e. The number of benzene rings is 2. The monoisotopic (exact) mass is 367 g/mol. The van der Waals surface area contributed by atoms with Crippen molar-refractivity contribution in [2.45, 2.75) is 40.0 Å². The van der Waals surface area contributed by atoms with Crippen LogP contribution in [0.3, 0.4) is 0 Å². The number of aryl methyl sites for hydroxylation is 3. The van der Waals surface area contributed by atoms with Gasteiger partial charge in [-0.2, -0.15) is 0 Å². The third-order valence-electron chi connectivity index (χ3n) is 4.40. The lowest BCUT2D eigenvalue weighted by molar-refractivity contribution is -0.147. The second-order valence-corrected chi connectivity index (χ2v) is 6.48. The van der Waals surface area contributed by atoms with E-state index in [1.54, 1.807) is 18.2 Å². The zero-order valence-corrected chi connectivity index (χ0v) is 16.0. The predicted molar refractivity (Wildman–Crippen MR) is 105 cm³/mol. The molecule has 1 amide bonds. The van der Waals surface area contributed by atoms with Gasteiger partial charge >= 0.3 is 5.97 Å². The third kappa shape index (κ3) is 6.37. The summed E-state index contributed by atoms with van der Waals surface area (Å²) < 4.78 is 4.95. The van der Waals surface area contributed by atoms with E-state index in [2.05, 4.69) is 12.2 Å². The molecular weight excluding hydrogens is 342 g/mol. The van der Waals surface area contributed by atoms with Gasteiger partial charge in [0.15, 0.2) is 12.4 Å². The Morgan fingerprint density at radius 2 is 1.63 bits per heavy atom. The van der Waals surface area contributed by atoms with Crippen molar-refractivity contribution in [3.05, 3.63) is 64.7 Å². The minimum absolute atomic E-state index is 0.0514. The standard InChI is InChI=1S/C22H25NO4/c1-4-17-6-9-19(10-7-17)23-21(25)14-27-22(26)12-11-20(24)18-8-5-15(2)16(3)13-18/h5-10,13H,4,11-12,14H2,1-3H3,(H,23,25). The van der Waals surface area contributed by atoms with E-state index in [9.17, 15) is 14.4 Å². The molecule has 0 aliphatic carbocycles. The number of esters is 1. The molecule has 0 aliphatic rings. The number of carbonyl (C=O) groups is 3. The minimum atomic E-state index is -0.566. The number of hydrogen-bond donors (Lipinski definition) is 1. The molecule has 5 heteroatoms. The lowest BCUT2D eigenvalue weighted by Gasteiger charge is -2.07. The summed E-state index contributed by atoms with van der Waals surface area (Å²) in [6, 6.07) is 12.9. The number of rotatable bonds is 8. The van der Waals surface area contributed by atoms with Gasteiger partial charge in [-0.3, -0.25) is 14.4 Å². The quantitative estimate of drug-likeness (QED) is 0.565. The van der Waals surface area contributed by atoms with Crippen LogP contribution in [0.1, 0.15) is 46.8 Å². The van der Waals surface area contributed by atoms with Crippen molar-refractivity contribution in [3.8, 4) is 0 Å². The molecule has 0 aliphatic heterocycles. The Labute approximate surface area is 159 Å². The van der Waals surface area contributed by atoms with Crippen molar-refractivity contribution in [2.24, 2.45) is 0 Å². The molecule has 27 heavy (non-hydrogen) atoms. The third-order valence-corrected chi connectivity index (χ3v) is 4.40. The van der Waals surface area contributed by atoms with Gasteiger partial charge < -0.3 is 10.1 Å². The van der Waals surface area contributed by atoms with Gasteiger partial charge in [0.25, 0.3) is 5.91 Å². The van der Waals surface area contributed by atoms with Gasteiger partial charge in [-0.25, -0.2) is 0 Å². The van der Waals surface area contributed by atoms with Crippen LogP contribution in [0.5, 0.6) is 0 Å². The fourth-order valence-corrected chi connectivity index (χ4v) is 2.51. The highest BCUT2D eigenvalue weighted by Gasteiger charge is 2.12. The Bertz CT molecular complexity index is 825. The maximum atomic E-state index is 12.2. The first-order valence-corrected chi connectivity index (χ1v) is 9.04. The van der Waals surface area contributed by atoms with Gasteiger partial charge in [0, 0.05) is 17.7 Å². The van der Waals surface area contributed by atoms with Gasteiger partial charge in [0.05, 0.1) is 6.42 Å². The molecule has 0 unspecified atom stereocenters. The molecule has 0 fully saturated rings. The van der Waals surface area contributed by atoms with Crippen LogP contribution in [0.15, 0.2) is 42.5 Å². The van der Waals surface area contributed by atoms with Gasteiger partial charge in [-0.15, -0.1) is 0 Å². The summed E-state index contributed by atoms with van der Waals surface area (Å²) in [4.78, 5) is 35.8. The number of ketones is 1. The Kier molecular flexibility index (Phi) is 7.29. The Morgan fingerprint density at radius 3 is 2.26 bits per heavy atom. The zero-order chi connectivity index (χ0) is 19.8. The van der Waals surface area contributed by atoms with Crippen LogP contribution < -0.4 is 5.32 Å². The first-order valence-electron chi connectivity index (χ1n) is 9.04. The van der Waals surface area contributed by atoms with E-state index in [1.165, 1.54) is 5.56 Å². The first kappa shape index (κ1) is 20.4. The van der Waals surface area contributed by atoms with Crippen LogP contribution in [-0.4, -0.2) is 24.3 Å². The van der Waals surface area contributed by atoms with Crippen LogP contribution >= 0.6 is 0 Å². The SMILES string of the molecule is CCc1ccc(NC(=O)COC(=O)CCC(=O)c2ccc(C)c(C)c2)cc1. The molecule has 0 radical (unpaired) electrons. The van der Waals surface area contributed by atoms with Crippen LogP contribution in [-0.2, 0) is 20.7 Å². The maximum absolute atomic E-state index is 12.2. The highest BCUT2D eigenvalue weighted by atomic mass is 16.5. The molecule has 0 bridgehead atoms. The molecular formula is C22H25NO4. The number of nitrogens with one attached hydrogen (secondary N) is 1.